The Hall–Kier alpha value is -0.570. The summed E-state index contributed by atoms with van der Waals surface area (Å²) >= 11 is 5.67. The van der Waals surface area contributed by atoms with E-state index in [0.717, 1.165) is 18.8 Å². The predicted octanol–water partition coefficient (Wildman–Crippen LogP) is 2.06. The highest BCUT2D eigenvalue weighted by molar-refractivity contribution is 6.16. The van der Waals surface area contributed by atoms with Gasteiger partial charge >= 0.3 is 0 Å². The number of aryl methyl sites for hydroxylation is 1. The molecule has 0 aliphatic carbocycles. The first-order valence-electron chi connectivity index (χ1n) is 4.16. The van der Waals surface area contributed by atoms with E-state index in [1.54, 1.807) is 6.33 Å². The van der Waals surface area contributed by atoms with Gasteiger partial charge in [0.15, 0.2) is 0 Å². The monoisotopic (exact) mass is 187 g/mol. The van der Waals surface area contributed by atoms with Gasteiger partial charge in [0.1, 0.15) is 12.2 Å². The van der Waals surface area contributed by atoms with E-state index >= 15 is 0 Å². The maximum atomic E-state index is 5.67. The van der Waals surface area contributed by atoms with Crippen molar-refractivity contribution in [2.75, 3.05) is 0 Å². The first kappa shape index (κ1) is 9.52. The number of aromatic nitrogens is 3. The third-order valence-corrected chi connectivity index (χ3v) is 1.97. The van der Waals surface area contributed by atoms with Crippen LogP contribution < -0.4 is 0 Å². The molecule has 1 heterocycles. The smallest absolute Gasteiger partial charge is 0.141 e. The van der Waals surface area contributed by atoms with Crippen LogP contribution in [0.3, 0.4) is 0 Å². The SMILES string of the molecule is CC(C)CCn1ncnc1CCl. The number of hydrogen-bond acceptors (Lipinski definition) is 2. The Morgan fingerprint density at radius 1 is 1.58 bits per heavy atom. The zero-order chi connectivity index (χ0) is 8.97. The number of alkyl halides is 1. The highest BCUT2D eigenvalue weighted by atomic mass is 35.5. The number of hydrogen-bond donors (Lipinski definition) is 0. The topological polar surface area (TPSA) is 30.7 Å². The van der Waals surface area contributed by atoms with Gasteiger partial charge in [0.05, 0.1) is 5.88 Å². The molecule has 0 N–H and O–H groups in total. The van der Waals surface area contributed by atoms with Crippen molar-refractivity contribution in [1.82, 2.24) is 14.8 Å². The Bertz CT molecular complexity index is 232. The van der Waals surface area contributed by atoms with Crippen molar-refractivity contribution in [2.24, 2.45) is 5.92 Å². The second-order valence-electron chi connectivity index (χ2n) is 3.22. The summed E-state index contributed by atoms with van der Waals surface area (Å²) in [5.74, 6) is 1.99. The lowest BCUT2D eigenvalue weighted by Crippen LogP contribution is -2.06. The van der Waals surface area contributed by atoms with E-state index in [1.165, 1.54) is 0 Å². The maximum Gasteiger partial charge on any atom is 0.141 e. The third-order valence-electron chi connectivity index (χ3n) is 1.73. The molecule has 4 heteroatoms. The van der Waals surface area contributed by atoms with Crippen LogP contribution in [0.2, 0.25) is 0 Å². The Morgan fingerprint density at radius 3 is 2.92 bits per heavy atom. The van der Waals surface area contributed by atoms with Gasteiger partial charge in [-0.05, 0) is 12.3 Å². The summed E-state index contributed by atoms with van der Waals surface area (Å²) in [6.45, 7) is 5.30. The fourth-order valence-electron chi connectivity index (χ4n) is 0.959. The lowest BCUT2D eigenvalue weighted by molar-refractivity contribution is 0.478. The summed E-state index contributed by atoms with van der Waals surface area (Å²) in [6.07, 6.45) is 2.67. The molecule has 12 heavy (non-hydrogen) atoms. The molecule has 1 aromatic heterocycles. The van der Waals surface area contributed by atoms with E-state index in [9.17, 15) is 0 Å². The molecule has 0 radical (unpaired) electrons. The molecule has 0 amide bonds. The Balaban J connectivity index is 2.50. The van der Waals surface area contributed by atoms with Crippen LogP contribution in [0.25, 0.3) is 0 Å². The fourth-order valence-corrected chi connectivity index (χ4v) is 1.17. The third kappa shape index (κ3) is 2.48. The summed E-state index contributed by atoms with van der Waals surface area (Å²) < 4.78 is 1.87. The van der Waals surface area contributed by atoms with Gasteiger partial charge in [0, 0.05) is 6.54 Å². The molecule has 0 atom stereocenters. The molecule has 0 aliphatic rings. The van der Waals surface area contributed by atoms with Crippen LogP contribution in [0.5, 0.6) is 0 Å². The van der Waals surface area contributed by atoms with Crippen molar-refractivity contribution < 1.29 is 0 Å². The Labute approximate surface area is 77.8 Å². The number of halogens is 1. The van der Waals surface area contributed by atoms with Gasteiger partial charge in [-0.3, -0.25) is 0 Å². The lowest BCUT2D eigenvalue weighted by atomic mass is 10.1. The molecular formula is C8H14ClN3. The van der Waals surface area contributed by atoms with Crippen molar-refractivity contribution in [1.29, 1.82) is 0 Å². The Morgan fingerprint density at radius 2 is 2.33 bits per heavy atom. The second kappa shape index (κ2) is 4.45. The lowest BCUT2D eigenvalue weighted by Gasteiger charge is -2.05. The standard InChI is InChI=1S/C8H14ClN3/c1-7(2)3-4-12-8(5-9)10-6-11-12/h6-7H,3-5H2,1-2H3. The van der Waals surface area contributed by atoms with E-state index in [1.807, 2.05) is 4.68 Å². The summed E-state index contributed by atoms with van der Waals surface area (Å²) in [6, 6.07) is 0. The first-order chi connectivity index (χ1) is 5.74. The van der Waals surface area contributed by atoms with Gasteiger partial charge < -0.3 is 0 Å². The van der Waals surface area contributed by atoms with Gasteiger partial charge in [-0.1, -0.05) is 13.8 Å². The minimum absolute atomic E-state index is 0.443. The minimum atomic E-state index is 0.443. The molecule has 3 nitrogen and oxygen atoms in total. The highest BCUT2D eigenvalue weighted by Crippen LogP contribution is 2.04. The molecule has 1 aromatic rings. The fraction of sp³-hybridized carbons (Fsp3) is 0.750. The minimum Gasteiger partial charge on any atom is -0.249 e. The van der Waals surface area contributed by atoms with Crippen molar-refractivity contribution in [3.63, 3.8) is 0 Å². The van der Waals surface area contributed by atoms with Crippen LogP contribution in [-0.4, -0.2) is 14.8 Å². The Kier molecular flexibility index (Phi) is 3.53. The van der Waals surface area contributed by atoms with E-state index in [2.05, 4.69) is 23.9 Å². The highest BCUT2D eigenvalue weighted by Gasteiger charge is 2.02. The molecule has 0 aliphatic heterocycles. The summed E-state index contributed by atoms with van der Waals surface area (Å²) in [5.41, 5.74) is 0. The van der Waals surface area contributed by atoms with Crippen LogP contribution in [0.4, 0.5) is 0 Å². The molecular weight excluding hydrogens is 174 g/mol. The molecule has 0 saturated carbocycles. The second-order valence-corrected chi connectivity index (χ2v) is 3.48. The van der Waals surface area contributed by atoms with Crippen molar-refractivity contribution in [3.8, 4) is 0 Å². The summed E-state index contributed by atoms with van der Waals surface area (Å²) in [5, 5.41) is 4.08. The molecule has 0 unspecified atom stereocenters. The summed E-state index contributed by atoms with van der Waals surface area (Å²) in [7, 11) is 0. The predicted molar refractivity (Wildman–Crippen MR) is 49.0 cm³/mol. The summed E-state index contributed by atoms with van der Waals surface area (Å²) in [4.78, 5) is 4.03. The van der Waals surface area contributed by atoms with Crippen molar-refractivity contribution >= 4 is 11.6 Å². The molecule has 0 aromatic carbocycles. The molecule has 0 bridgehead atoms. The zero-order valence-corrected chi connectivity index (χ0v) is 8.25. The van der Waals surface area contributed by atoms with E-state index in [4.69, 9.17) is 11.6 Å². The average Bonchev–Trinajstić information content (AvgIpc) is 2.47. The molecule has 0 spiro atoms. The first-order valence-corrected chi connectivity index (χ1v) is 4.70. The van der Waals surface area contributed by atoms with Crippen molar-refractivity contribution in [2.45, 2.75) is 32.7 Å². The maximum absolute atomic E-state index is 5.67. The van der Waals surface area contributed by atoms with Crippen molar-refractivity contribution in [3.05, 3.63) is 12.2 Å². The number of nitrogens with zero attached hydrogens (tertiary/aromatic N) is 3. The van der Waals surface area contributed by atoms with Gasteiger partial charge in [-0.25, -0.2) is 9.67 Å². The van der Waals surface area contributed by atoms with Crippen LogP contribution in [0.1, 0.15) is 26.1 Å². The van der Waals surface area contributed by atoms with Gasteiger partial charge in [0.2, 0.25) is 0 Å². The van der Waals surface area contributed by atoms with E-state index in [0.29, 0.717) is 11.8 Å². The largest absolute Gasteiger partial charge is 0.249 e. The normalized spacial score (nSPS) is 11.0. The zero-order valence-electron chi connectivity index (χ0n) is 7.50. The average molecular weight is 188 g/mol. The van der Waals surface area contributed by atoms with E-state index < -0.39 is 0 Å². The molecule has 0 fully saturated rings. The van der Waals surface area contributed by atoms with Crippen LogP contribution in [-0.2, 0) is 12.4 Å². The van der Waals surface area contributed by atoms with Gasteiger partial charge in [0.25, 0.3) is 0 Å². The van der Waals surface area contributed by atoms with Crippen LogP contribution >= 0.6 is 11.6 Å². The van der Waals surface area contributed by atoms with Crippen LogP contribution in [0.15, 0.2) is 6.33 Å². The quantitative estimate of drug-likeness (QED) is 0.676. The van der Waals surface area contributed by atoms with Gasteiger partial charge in [-0.15, -0.1) is 11.6 Å². The molecule has 68 valence electrons. The molecule has 1 rings (SSSR count). The van der Waals surface area contributed by atoms with Gasteiger partial charge in [-0.2, -0.15) is 5.10 Å². The number of rotatable bonds is 4. The van der Waals surface area contributed by atoms with Crippen LogP contribution in [0, 0.1) is 5.92 Å². The molecule has 0 saturated heterocycles. The van der Waals surface area contributed by atoms with E-state index in [-0.39, 0.29) is 0 Å².